The van der Waals surface area contributed by atoms with Gasteiger partial charge in [-0.2, -0.15) is 0 Å². The zero-order valence-corrected chi connectivity index (χ0v) is 16.5. The van der Waals surface area contributed by atoms with Gasteiger partial charge in [0.2, 0.25) is 0 Å². The zero-order chi connectivity index (χ0) is 20.5. The van der Waals surface area contributed by atoms with Crippen LogP contribution >= 0.6 is 11.6 Å². The van der Waals surface area contributed by atoms with Crippen molar-refractivity contribution in [2.24, 2.45) is 0 Å². The molecule has 0 spiro atoms. The third-order valence-corrected chi connectivity index (χ3v) is 5.86. The van der Waals surface area contributed by atoms with E-state index in [2.05, 4.69) is 6.07 Å². The maximum atomic E-state index is 12.1. The second-order valence-electron chi connectivity index (χ2n) is 7.49. The van der Waals surface area contributed by atoms with Gasteiger partial charge in [0, 0.05) is 5.02 Å². The van der Waals surface area contributed by atoms with Gasteiger partial charge in [0.05, 0.1) is 13.2 Å². The van der Waals surface area contributed by atoms with Crippen molar-refractivity contribution in [1.82, 2.24) is 0 Å². The summed E-state index contributed by atoms with van der Waals surface area (Å²) in [5.41, 5.74) is 3.66. The monoisotopic (exact) mass is 418 g/mol. The number of ketones is 1. The molecule has 154 valence electrons. The van der Waals surface area contributed by atoms with Crippen molar-refractivity contribution in [3.8, 4) is 5.75 Å². The van der Waals surface area contributed by atoms with Gasteiger partial charge in [-0.15, -0.1) is 0 Å². The normalized spacial score (nSPS) is 26.7. The van der Waals surface area contributed by atoms with Gasteiger partial charge in [-0.3, -0.25) is 4.79 Å². The topological polar surface area (TPSA) is 96.2 Å². The Labute approximate surface area is 173 Å². The largest absolute Gasteiger partial charge is 0.493 e. The molecule has 0 bridgehead atoms. The van der Waals surface area contributed by atoms with Gasteiger partial charge in [0.25, 0.3) is 0 Å². The van der Waals surface area contributed by atoms with Crippen molar-refractivity contribution in [2.75, 3.05) is 13.2 Å². The van der Waals surface area contributed by atoms with Crippen LogP contribution < -0.4 is 4.74 Å². The summed E-state index contributed by atoms with van der Waals surface area (Å²) in [5.74, 6) is 0.164. The molecule has 6 nitrogen and oxygen atoms in total. The fraction of sp³-hybridized carbons (Fsp3) is 0.409. The molecule has 29 heavy (non-hydrogen) atoms. The lowest BCUT2D eigenvalue weighted by Gasteiger charge is -2.35. The molecular formula is C22H23ClO6. The van der Waals surface area contributed by atoms with Gasteiger partial charge in [0.15, 0.2) is 5.78 Å². The molecule has 1 fully saturated rings. The fourth-order valence-electron chi connectivity index (χ4n) is 3.90. The van der Waals surface area contributed by atoms with Crippen molar-refractivity contribution in [1.29, 1.82) is 0 Å². The molecule has 4 rings (SSSR count). The summed E-state index contributed by atoms with van der Waals surface area (Å²) >= 11 is 6.40. The lowest BCUT2D eigenvalue weighted by atomic mass is 9.91. The van der Waals surface area contributed by atoms with E-state index in [1.807, 2.05) is 12.1 Å². The van der Waals surface area contributed by atoms with Crippen molar-refractivity contribution in [3.63, 3.8) is 0 Å². The number of rotatable bonds is 4. The van der Waals surface area contributed by atoms with Crippen LogP contribution in [-0.4, -0.2) is 52.6 Å². The summed E-state index contributed by atoms with van der Waals surface area (Å²) in [6, 6.07) is 11.3. The molecule has 2 heterocycles. The second-order valence-corrected chi connectivity index (χ2v) is 7.90. The van der Waals surface area contributed by atoms with E-state index in [1.165, 1.54) is 5.56 Å². The first-order chi connectivity index (χ1) is 14.0. The number of aliphatic hydroxyl groups is 3. The van der Waals surface area contributed by atoms with Gasteiger partial charge in [-0.05, 0) is 53.6 Å². The van der Waals surface area contributed by atoms with Gasteiger partial charge in [0.1, 0.15) is 30.2 Å². The highest BCUT2D eigenvalue weighted by molar-refractivity contribution is 6.31. The maximum Gasteiger partial charge on any atom is 0.195 e. The minimum Gasteiger partial charge on any atom is -0.493 e. The van der Waals surface area contributed by atoms with E-state index < -0.39 is 36.8 Å². The van der Waals surface area contributed by atoms with Crippen molar-refractivity contribution >= 4 is 17.4 Å². The summed E-state index contributed by atoms with van der Waals surface area (Å²) in [4.78, 5) is 12.1. The Bertz CT molecular complexity index is 914. The van der Waals surface area contributed by atoms with Gasteiger partial charge < -0.3 is 24.8 Å². The number of fused-ring (bicyclic) bond motifs is 1. The highest BCUT2D eigenvalue weighted by Crippen LogP contribution is 2.33. The first-order valence-electron chi connectivity index (χ1n) is 9.67. The molecule has 2 aliphatic rings. The molecule has 0 aliphatic carbocycles. The summed E-state index contributed by atoms with van der Waals surface area (Å²) < 4.78 is 11.3. The number of aliphatic hydroxyl groups excluding tert-OH is 3. The Hall–Kier alpha value is -1.96. The number of benzene rings is 2. The van der Waals surface area contributed by atoms with E-state index in [4.69, 9.17) is 21.1 Å². The zero-order valence-electron chi connectivity index (χ0n) is 15.8. The average molecular weight is 419 g/mol. The number of carbonyl (C=O) groups excluding carboxylic acids is 1. The van der Waals surface area contributed by atoms with Crippen molar-refractivity contribution in [2.45, 2.75) is 43.7 Å². The fourth-order valence-corrected chi connectivity index (χ4v) is 4.08. The molecule has 7 heteroatoms. The molecule has 0 unspecified atom stereocenters. The molecule has 0 radical (unpaired) electrons. The summed E-state index contributed by atoms with van der Waals surface area (Å²) in [6.45, 7) is 0.222. The molecule has 3 N–H and O–H groups in total. The summed E-state index contributed by atoms with van der Waals surface area (Å²) in [6.07, 6.45) is -2.56. The lowest BCUT2D eigenvalue weighted by molar-refractivity contribution is -0.189. The number of hydrogen-bond acceptors (Lipinski definition) is 6. The number of hydrogen-bond donors (Lipinski definition) is 3. The van der Waals surface area contributed by atoms with E-state index >= 15 is 0 Å². The van der Waals surface area contributed by atoms with E-state index in [0.717, 1.165) is 36.3 Å². The highest BCUT2D eigenvalue weighted by Gasteiger charge is 2.43. The third kappa shape index (κ3) is 4.04. The van der Waals surface area contributed by atoms with Crippen LogP contribution in [-0.2, 0) is 22.4 Å². The van der Waals surface area contributed by atoms with E-state index in [9.17, 15) is 20.1 Å². The van der Waals surface area contributed by atoms with Crippen molar-refractivity contribution < 1.29 is 29.6 Å². The Morgan fingerprint density at radius 2 is 1.93 bits per heavy atom. The van der Waals surface area contributed by atoms with Gasteiger partial charge >= 0.3 is 0 Å². The molecule has 1 saturated heterocycles. The van der Waals surface area contributed by atoms with E-state index in [-0.39, 0.29) is 0 Å². The first-order valence-corrected chi connectivity index (χ1v) is 10.0. The number of Topliss-reactive ketones (excluding diaryl/α,β-unsaturated/α-hetero) is 1. The summed E-state index contributed by atoms with van der Waals surface area (Å²) in [5, 5.41) is 30.1. The molecule has 0 amide bonds. The SMILES string of the molecule is O=C1[C@@H](O)[C@H](c2ccc(Cl)c(Cc3ccc4c(c3)CCCO4)c2)O[C@H](CO)[C@H]1O. The van der Waals surface area contributed by atoms with E-state index in [0.29, 0.717) is 17.0 Å². The van der Waals surface area contributed by atoms with Crippen LogP contribution in [0.3, 0.4) is 0 Å². The minimum atomic E-state index is -1.55. The molecule has 2 aromatic rings. The van der Waals surface area contributed by atoms with Crippen LogP contribution in [0, 0.1) is 0 Å². The van der Waals surface area contributed by atoms with Crippen LogP contribution in [0.2, 0.25) is 5.02 Å². The number of carbonyl (C=O) groups is 1. The number of ether oxygens (including phenoxy) is 2. The van der Waals surface area contributed by atoms with Crippen LogP contribution in [0.4, 0.5) is 0 Å². The maximum absolute atomic E-state index is 12.1. The Morgan fingerprint density at radius 1 is 1.10 bits per heavy atom. The molecule has 0 saturated carbocycles. The smallest absolute Gasteiger partial charge is 0.195 e. The number of aryl methyl sites for hydroxylation is 1. The molecule has 4 atom stereocenters. The third-order valence-electron chi connectivity index (χ3n) is 5.49. The minimum absolute atomic E-state index is 0.520. The molecular weight excluding hydrogens is 396 g/mol. The Morgan fingerprint density at radius 3 is 2.72 bits per heavy atom. The van der Waals surface area contributed by atoms with Crippen LogP contribution in [0.25, 0.3) is 0 Å². The second kappa shape index (κ2) is 8.42. The predicted molar refractivity (Wildman–Crippen MR) is 106 cm³/mol. The summed E-state index contributed by atoms with van der Waals surface area (Å²) in [7, 11) is 0. The molecule has 2 aromatic carbocycles. The molecule has 0 aromatic heterocycles. The lowest BCUT2D eigenvalue weighted by Crippen LogP contribution is -2.52. The standard InChI is InChI=1S/C22H23ClO6/c23-16-5-4-14(22-21(27)20(26)19(25)18(11-24)29-22)10-15(16)9-12-3-6-17-13(8-12)2-1-7-28-17/h3-6,8,10,18-19,21-22,24-25,27H,1-2,7,9,11H2/t18-,19-,21-,22+/m1/s1. The van der Waals surface area contributed by atoms with Crippen molar-refractivity contribution in [3.05, 3.63) is 63.7 Å². The van der Waals surface area contributed by atoms with Gasteiger partial charge in [-0.25, -0.2) is 0 Å². The van der Waals surface area contributed by atoms with Crippen LogP contribution in [0.15, 0.2) is 36.4 Å². The van der Waals surface area contributed by atoms with Gasteiger partial charge in [-0.1, -0.05) is 35.9 Å². The molecule has 2 aliphatic heterocycles. The quantitative estimate of drug-likeness (QED) is 0.702. The van der Waals surface area contributed by atoms with Crippen LogP contribution in [0.1, 0.15) is 34.8 Å². The number of halogens is 1. The predicted octanol–water partition coefficient (Wildman–Crippen LogP) is 1.98. The average Bonchev–Trinajstić information content (AvgIpc) is 2.74. The highest BCUT2D eigenvalue weighted by atomic mass is 35.5. The first kappa shape index (κ1) is 20.3. The Balaban J connectivity index is 1.60. The Kier molecular flexibility index (Phi) is 5.90. The van der Waals surface area contributed by atoms with E-state index in [1.54, 1.807) is 18.2 Å². The van der Waals surface area contributed by atoms with Crippen LogP contribution in [0.5, 0.6) is 5.75 Å².